The number of methoxy groups -OCH3 is 1. The summed E-state index contributed by atoms with van der Waals surface area (Å²) < 4.78 is 4.70. The van der Waals surface area contributed by atoms with Crippen LogP contribution in [0.5, 0.6) is 0 Å². The molecule has 0 bridgehead atoms. The maximum absolute atomic E-state index is 11.2. The molecule has 0 aromatic heterocycles. The quantitative estimate of drug-likeness (QED) is 0.816. The second-order valence-corrected chi connectivity index (χ2v) is 3.46. The number of carbonyl (C=O) groups is 2. The monoisotopic (exact) mass is 236 g/mol. The summed E-state index contributed by atoms with van der Waals surface area (Å²) in [5, 5.41) is 5.38. The summed E-state index contributed by atoms with van der Waals surface area (Å²) >= 11 is 0. The highest BCUT2D eigenvalue weighted by atomic mass is 16.5. The van der Waals surface area contributed by atoms with E-state index in [0.29, 0.717) is 17.8 Å². The smallest absolute Gasteiger partial charge is 0.250 e. The maximum atomic E-state index is 11.2. The Morgan fingerprint density at radius 1 is 1.06 bits per heavy atom. The fraction of sp³-hybridized carbons (Fsp3) is 0.333. The second kappa shape index (κ2) is 6.65. The van der Waals surface area contributed by atoms with Crippen LogP contribution >= 0.6 is 0 Å². The molecule has 0 unspecified atom stereocenters. The minimum absolute atomic E-state index is 0.0221. The van der Waals surface area contributed by atoms with Gasteiger partial charge in [0.15, 0.2) is 0 Å². The van der Waals surface area contributed by atoms with E-state index in [1.54, 1.807) is 31.2 Å². The van der Waals surface area contributed by atoms with E-state index in [1.165, 1.54) is 7.11 Å². The number of hydrogen-bond acceptors (Lipinski definition) is 3. The predicted octanol–water partition coefficient (Wildman–Crippen LogP) is 1.62. The first-order chi connectivity index (χ1) is 8.15. The molecule has 0 atom stereocenters. The van der Waals surface area contributed by atoms with E-state index in [4.69, 9.17) is 4.74 Å². The topological polar surface area (TPSA) is 67.4 Å². The summed E-state index contributed by atoms with van der Waals surface area (Å²) in [6.45, 7) is 1.81. The van der Waals surface area contributed by atoms with E-state index in [9.17, 15) is 9.59 Å². The van der Waals surface area contributed by atoms with Gasteiger partial charge in [0.25, 0.3) is 0 Å². The lowest BCUT2D eigenvalue weighted by molar-refractivity contribution is -0.119. The highest BCUT2D eigenvalue weighted by Gasteiger charge is 2.02. The summed E-state index contributed by atoms with van der Waals surface area (Å²) in [5.74, 6) is -0.251. The number of nitrogens with one attached hydrogen (secondary N) is 2. The lowest BCUT2D eigenvalue weighted by atomic mass is 10.2. The van der Waals surface area contributed by atoms with Crippen LogP contribution in [0.15, 0.2) is 24.3 Å². The summed E-state index contributed by atoms with van der Waals surface area (Å²) in [4.78, 5) is 22.3. The van der Waals surface area contributed by atoms with Crippen LogP contribution in [0, 0.1) is 0 Å². The first-order valence-corrected chi connectivity index (χ1v) is 5.34. The molecule has 17 heavy (non-hydrogen) atoms. The van der Waals surface area contributed by atoms with Crippen LogP contribution in [0.2, 0.25) is 0 Å². The van der Waals surface area contributed by atoms with Gasteiger partial charge in [-0.2, -0.15) is 0 Å². The number of amides is 2. The molecule has 0 aliphatic heterocycles. The fourth-order valence-corrected chi connectivity index (χ4v) is 1.21. The zero-order valence-electron chi connectivity index (χ0n) is 9.95. The van der Waals surface area contributed by atoms with E-state index >= 15 is 0 Å². The van der Waals surface area contributed by atoms with Gasteiger partial charge in [-0.15, -0.1) is 0 Å². The summed E-state index contributed by atoms with van der Waals surface area (Å²) in [5.41, 5.74) is 1.38. The van der Waals surface area contributed by atoms with Crippen molar-refractivity contribution < 1.29 is 14.3 Å². The SMILES string of the molecule is CCC(=O)Nc1ccc(NC(=O)COC)cc1. The minimum Gasteiger partial charge on any atom is -0.375 e. The molecule has 1 aromatic carbocycles. The van der Waals surface area contributed by atoms with Crippen molar-refractivity contribution in [1.29, 1.82) is 0 Å². The van der Waals surface area contributed by atoms with Gasteiger partial charge in [-0.05, 0) is 24.3 Å². The van der Waals surface area contributed by atoms with E-state index in [-0.39, 0.29) is 18.4 Å². The molecule has 0 saturated heterocycles. The third-order valence-corrected chi connectivity index (χ3v) is 2.05. The lowest BCUT2D eigenvalue weighted by Crippen LogP contribution is -2.17. The van der Waals surface area contributed by atoms with E-state index in [2.05, 4.69) is 10.6 Å². The fourth-order valence-electron chi connectivity index (χ4n) is 1.21. The van der Waals surface area contributed by atoms with Gasteiger partial charge in [0.1, 0.15) is 6.61 Å². The van der Waals surface area contributed by atoms with Crippen LogP contribution in [-0.4, -0.2) is 25.5 Å². The Labute approximate surface area is 100 Å². The molecule has 2 amide bonds. The highest BCUT2D eigenvalue weighted by molar-refractivity contribution is 5.93. The van der Waals surface area contributed by atoms with Crippen LogP contribution in [0.3, 0.4) is 0 Å². The highest BCUT2D eigenvalue weighted by Crippen LogP contribution is 2.13. The van der Waals surface area contributed by atoms with Crippen molar-refractivity contribution in [3.05, 3.63) is 24.3 Å². The molecule has 1 rings (SSSR count). The number of benzene rings is 1. The molecule has 0 heterocycles. The zero-order valence-corrected chi connectivity index (χ0v) is 9.95. The Morgan fingerprint density at radius 2 is 1.53 bits per heavy atom. The zero-order chi connectivity index (χ0) is 12.7. The van der Waals surface area contributed by atoms with Crippen molar-refractivity contribution in [3.63, 3.8) is 0 Å². The van der Waals surface area contributed by atoms with Gasteiger partial charge in [0.2, 0.25) is 11.8 Å². The molecule has 5 nitrogen and oxygen atoms in total. The largest absolute Gasteiger partial charge is 0.375 e. The van der Waals surface area contributed by atoms with Crippen LogP contribution in [0.25, 0.3) is 0 Å². The van der Waals surface area contributed by atoms with Gasteiger partial charge in [0, 0.05) is 24.9 Å². The Morgan fingerprint density at radius 3 is 1.94 bits per heavy atom. The average molecular weight is 236 g/mol. The van der Waals surface area contributed by atoms with Crippen LogP contribution in [-0.2, 0) is 14.3 Å². The number of anilines is 2. The average Bonchev–Trinajstić information content (AvgIpc) is 2.32. The van der Waals surface area contributed by atoms with Gasteiger partial charge in [0.05, 0.1) is 0 Å². The van der Waals surface area contributed by atoms with E-state index < -0.39 is 0 Å². The van der Waals surface area contributed by atoms with E-state index in [1.807, 2.05) is 0 Å². The molecule has 5 heteroatoms. The number of carbonyl (C=O) groups excluding carboxylic acids is 2. The maximum Gasteiger partial charge on any atom is 0.250 e. The van der Waals surface area contributed by atoms with Gasteiger partial charge in [-0.3, -0.25) is 9.59 Å². The molecule has 0 aliphatic rings. The Balaban J connectivity index is 2.55. The molecule has 0 saturated carbocycles. The molecule has 0 aliphatic carbocycles. The molecule has 92 valence electrons. The Hall–Kier alpha value is -1.88. The van der Waals surface area contributed by atoms with E-state index in [0.717, 1.165) is 0 Å². The first-order valence-electron chi connectivity index (χ1n) is 5.34. The predicted molar refractivity (Wildman–Crippen MR) is 65.9 cm³/mol. The van der Waals surface area contributed by atoms with Crippen LogP contribution in [0.4, 0.5) is 11.4 Å². The molecule has 0 radical (unpaired) electrons. The summed E-state index contributed by atoms with van der Waals surface area (Å²) in [6.07, 6.45) is 0.437. The Kier molecular flexibility index (Phi) is 5.16. The third kappa shape index (κ3) is 4.65. The first kappa shape index (κ1) is 13.2. The molecular formula is C12H16N2O3. The van der Waals surface area contributed by atoms with Gasteiger partial charge in [-0.1, -0.05) is 6.92 Å². The van der Waals surface area contributed by atoms with Crippen molar-refractivity contribution in [2.45, 2.75) is 13.3 Å². The standard InChI is InChI=1S/C12H16N2O3/c1-3-11(15)13-9-4-6-10(7-5-9)14-12(16)8-17-2/h4-7H,3,8H2,1-2H3,(H,13,15)(H,14,16). The summed E-state index contributed by atoms with van der Waals surface area (Å²) in [6, 6.07) is 6.91. The number of rotatable bonds is 5. The molecular weight excluding hydrogens is 220 g/mol. The Bertz CT molecular complexity index is 387. The summed E-state index contributed by atoms with van der Waals surface area (Å²) in [7, 11) is 1.46. The van der Waals surface area contributed by atoms with Crippen molar-refractivity contribution >= 4 is 23.2 Å². The molecule has 0 fully saturated rings. The second-order valence-electron chi connectivity index (χ2n) is 3.46. The van der Waals surface area contributed by atoms with Gasteiger partial charge < -0.3 is 15.4 Å². The van der Waals surface area contributed by atoms with Gasteiger partial charge in [-0.25, -0.2) is 0 Å². The third-order valence-electron chi connectivity index (χ3n) is 2.05. The van der Waals surface area contributed by atoms with Crippen LogP contribution < -0.4 is 10.6 Å². The molecule has 2 N–H and O–H groups in total. The minimum atomic E-state index is -0.210. The van der Waals surface area contributed by atoms with Crippen molar-refractivity contribution in [1.82, 2.24) is 0 Å². The number of ether oxygens (including phenoxy) is 1. The van der Waals surface area contributed by atoms with Gasteiger partial charge >= 0.3 is 0 Å². The van der Waals surface area contributed by atoms with Crippen LogP contribution in [0.1, 0.15) is 13.3 Å². The number of hydrogen-bond donors (Lipinski definition) is 2. The molecule has 0 spiro atoms. The van der Waals surface area contributed by atoms with Crippen molar-refractivity contribution in [2.24, 2.45) is 0 Å². The van der Waals surface area contributed by atoms with Crippen molar-refractivity contribution in [3.8, 4) is 0 Å². The molecule has 1 aromatic rings. The lowest BCUT2D eigenvalue weighted by Gasteiger charge is -2.06. The normalized spacial score (nSPS) is 9.76. The van der Waals surface area contributed by atoms with Crippen molar-refractivity contribution in [2.75, 3.05) is 24.4 Å².